The highest BCUT2D eigenvalue weighted by atomic mass is 15.0. The summed E-state index contributed by atoms with van der Waals surface area (Å²) in [5.41, 5.74) is 11.3. The van der Waals surface area contributed by atoms with Crippen LogP contribution in [0.2, 0.25) is 0 Å². The van der Waals surface area contributed by atoms with E-state index in [1.54, 1.807) is 0 Å². The van der Waals surface area contributed by atoms with Crippen molar-refractivity contribution in [3.8, 4) is 39.1 Å². The number of fused-ring (bicyclic) bond motifs is 1. The van der Waals surface area contributed by atoms with E-state index in [-0.39, 0.29) is 0 Å². The molecular weight excluding hydrogens is 424 g/mol. The van der Waals surface area contributed by atoms with Crippen LogP contribution in [0.25, 0.3) is 71.6 Å². The van der Waals surface area contributed by atoms with Crippen LogP contribution in [0.1, 0.15) is 0 Å². The van der Waals surface area contributed by atoms with Crippen LogP contribution < -0.4 is 0 Å². The fraction of sp³-hybridized carbons (Fsp3) is 0. The normalized spacial score (nSPS) is 12.0. The Morgan fingerprint density at radius 2 is 1.00 bits per heavy atom. The van der Waals surface area contributed by atoms with Gasteiger partial charge < -0.3 is 4.57 Å². The van der Waals surface area contributed by atoms with E-state index < -0.39 is 0 Å². The number of rotatable bonds is 3. The Hall–Kier alpha value is -4.69. The van der Waals surface area contributed by atoms with Crippen molar-refractivity contribution in [1.29, 1.82) is 0 Å². The lowest BCUT2D eigenvalue weighted by Gasteiger charge is -2.12. The summed E-state index contributed by atoms with van der Waals surface area (Å²) in [4.78, 5) is 4.12. The molecule has 0 fully saturated rings. The summed E-state index contributed by atoms with van der Waals surface area (Å²) in [6, 6.07) is 39.7. The Morgan fingerprint density at radius 3 is 1.71 bits per heavy atom. The average molecular weight is 445 g/mol. The van der Waals surface area contributed by atoms with Gasteiger partial charge in [0.1, 0.15) is 0 Å². The fourth-order valence-electron chi connectivity index (χ4n) is 5.86. The van der Waals surface area contributed by atoms with Gasteiger partial charge in [-0.15, -0.1) is 0 Å². The molecule has 0 radical (unpaired) electrons. The molecule has 0 bridgehead atoms. The van der Waals surface area contributed by atoms with Crippen molar-refractivity contribution in [2.45, 2.75) is 0 Å². The van der Waals surface area contributed by atoms with E-state index in [1.165, 1.54) is 71.6 Å². The second kappa shape index (κ2) is 6.91. The Kier molecular flexibility index (Phi) is 3.69. The first-order chi connectivity index (χ1) is 17.4. The van der Waals surface area contributed by atoms with Gasteiger partial charge in [0.2, 0.25) is 0 Å². The van der Waals surface area contributed by atoms with Crippen molar-refractivity contribution in [3.05, 3.63) is 122 Å². The molecule has 2 heterocycles. The number of hydrogen-bond donors (Lipinski definition) is 0. The third-order valence-electron chi connectivity index (χ3n) is 7.45. The molecule has 2 aromatic heterocycles. The van der Waals surface area contributed by atoms with Crippen molar-refractivity contribution in [3.63, 3.8) is 0 Å². The number of hydrogen-bond acceptors (Lipinski definition) is 1. The van der Waals surface area contributed by atoms with Crippen LogP contribution in [0, 0.1) is 0 Å². The smallest absolute Gasteiger partial charge is 0.0547 e. The van der Waals surface area contributed by atoms with E-state index in [0.29, 0.717) is 0 Å². The molecule has 2 heteroatoms. The first kappa shape index (κ1) is 18.7. The monoisotopic (exact) mass is 444 g/mol. The number of nitrogens with zero attached hydrogens (tertiary/aromatic N) is 2. The van der Waals surface area contributed by atoms with E-state index in [0.717, 1.165) is 0 Å². The van der Waals surface area contributed by atoms with Gasteiger partial charge in [-0.25, -0.2) is 0 Å². The summed E-state index contributed by atoms with van der Waals surface area (Å²) in [6.07, 6.45) is 3.67. The summed E-state index contributed by atoms with van der Waals surface area (Å²) < 4.78 is 2.42. The molecule has 0 saturated heterocycles. The Bertz CT molecular complexity index is 1910. The predicted molar refractivity (Wildman–Crippen MR) is 146 cm³/mol. The average Bonchev–Trinajstić information content (AvgIpc) is 3.46. The highest BCUT2D eigenvalue weighted by molar-refractivity contribution is 6.33. The summed E-state index contributed by atoms with van der Waals surface area (Å²) in [6.45, 7) is 0. The van der Waals surface area contributed by atoms with Crippen LogP contribution in [0.15, 0.2) is 122 Å². The zero-order valence-electron chi connectivity index (χ0n) is 18.9. The van der Waals surface area contributed by atoms with Gasteiger partial charge in [0, 0.05) is 28.9 Å². The molecule has 0 saturated carbocycles. The van der Waals surface area contributed by atoms with E-state index in [4.69, 9.17) is 0 Å². The summed E-state index contributed by atoms with van der Waals surface area (Å²) in [5, 5.41) is 5.47. The maximum absolute atomic E-state index is 4.12. The molecule has 0 atom stereocenters. The molecule has 0 unspecified atom stereocenters. The minimum Gasteiger partial charge on any atom is -0.309 e. The summed E-state index contributed by atoms with van der Waals surface area (Å²) >= 11 is 0. The number of pyridine rings is 1. The van der Waals surface area contributed by atoms with Crippen molar-refractivity contribution >= 4 is 32.6 Å². The van der Waals surface area contributed by atoms with Crippen LogP contribution in [0.4, 0.5) is 0 Å². The second-order valence-corrected chi connectivity index (χ2v) is 9.26. The predicted octanol–water partition coefficient (Wildman–Crippen LogP) is 8.65. The molecule has 7 aromatic rings. The standard InChI is InChI=1S/C33H20N2/c1-3-25-13-16-30-33-31(25)27(4-1)28-5-2-6-29(32(28)33)35(30)26-14-11-23(12-15-26)21-7-9-22(10-8-21)24-17-19-34-20-18-24/h1-20H. The third-order valence-corrected chi connectivity index (χ3v) is 7.45. The lowest BCUT2D eigenvalue weighted by atomic mass is 10.0. The highest BCUT2D eigenvalue weighted by Gasteiger charge is 2.24. The van der Waals surface area contributed by atoms with Gasteiger partial charge in [-0.1, -0.05) is 72.8 Å². The molecule has 0 N–H and O–H groups in total. The SMILES string of the molecule is c1cc2c3c(c1)ccc1c3c3c-2cccc3n1-c1ccc(-c2ccc(-c3ccncc3)cc2)cc1. The molecule has 1 aliphatic carbocycles. The molecule has 0 amide bonds. The van der Waals surface area contributed by atoms with E-state index in [9.17, 15) is 0 Å². The van der Waals surface area contributed by atoms with Crippen LogP contribution in [-0.2, 0) is 0 Å². The van der Waals surface area contributed by atoms with Crippen LogP contribution in [0.3, 0.4) is 0 Å². The van der Waals surface area contributed by atoms with Crippen LogP contribution in [0.5, 0.6) is 0 Å². The van der Waals surface area contributed by atoms with Gasteiger partial charge in [-0.05, 0) is 80.6 Å². The first-order valence-electron chi connectivity index (χ1n) is 12.0. The lowest BCUT2D eigenvalue weighted by molar-refractivity contribution is 1.18. The number of aromatic nitrogens is 2. The molecule has 162 valence electrons. The third kappa shape index (κ3) is 2.57. The van der Waals surface area contributed by atoms with Crippen LogP contribution >= 0.6 is 0 Å². The van der Waals surface area contributed by atoms with Gasteiger partial charge in [-0.2, -0.15) is 0 Å². The molecule has 0 spiro atoms. The number of benzene rings is 5. The molecule has 35 heavy (non-hydrogen) atoms. The second-order valence-electron chi connectivity index (χ2n) is 9.26. The quantitative estimate of drug-likeness (QED) is 0.267. The van der Waals surface area contributed by atoms with E-state index in [2.05, 4.69) is 107 Å². The van der Waals surface area contributed by atoms with Gasteiger partial charge in [0.05, 0.1) is 11.0 Å². The maximum atomic E-state index is 4.12. The van der Waals surface area contributed by atoms with E-state index in [1.807, 2.05) is 24.5 Å². The van der Waals surface area contributed by atoms with Gasteiger partial charge in [-0.3, -0.25) is 4.98 Å². The van der Waals surface area contributed by atoms with Crippen molar-refractivity contribution < 1.29 is 0 Å². The largest absolute Gasteiger partial charge is 0.309 e. The molecule has 2 nitrogen and oxygen atoms in total. The zero-order chi connectivity index (χ0) is 22.9. The van der Waals surface area contributed by atoms with Crippen molar-refractivity contribution in [2.75, 3.05) is 0 Å². The Morgan fingerprint density at radius 1 is 0.429 bits per heavy atom. The Labute approximate surface area is 202 Å². The lowest BCUT2D eigenvalue weighted by Crippen LogP contribution is -1.95. The fourth-order valence-corrected chi connectivity index (χ4v) is 5.86. The molecule has 8 rings (SSSR count). The highest BCUT2D eigenvalue weighted by Crippen LogP contribution is 2.49. The van der Waals surface area contributed by atoms with Gasteiger partial charge >= 0.3 is 0 Å². The topological polar surface area (TPSA) is 17.8 Å². The first-order valence-corrected chi connectivity index (χ1v) is 12.0. The van der Waals surface area contributed by atoms with Crippen molar-refractivity contribution in [1.82, 2.24) is 9.55 Å². The summed E-state index contributed by atoms with van der Waals surface area (Å²) in [5.74, 6) is 0. The van der Waals surface area contributed by atoms with Gasteiger partial charge in [0.25, 0.3) is 0 Å². The molecule has 0 aliphatic heterocycles. The molecular formula is C33H20N2. The minimum absolute atomic E-state index is 1.18. The zero-order valence-corrected chi connectivity index (χ0v) is 18.9. The molecule has 1 aliphatic rings. The van der Waals surface area contributed by atoms with Crippen LogP contribution in [-0.4, -0.2) is 9.55 Å². The molecule has 5 aromatic carbocycles. The Balaban J connectivity index is 1.25. The summed E-state index contributed by atoms with van der Waals surface area (Å²) in [7, 11) is 0. The minimum atomic E-state index is 1.18. The maximum Gasteiger partial charge on any atom is 0.0547 e. The van der Waals surface area contributed by atoms with Gasteiger partial charge in [0.15, 0.2) is 0 Å². The van der Waals surface area contributed by atoms with E-state index >= 15 is 0 Å². The van der Waals surface area contributed by atoms with Crippen molar-refractivity contribution in [2.24, 2.45) is 0 Å².